The van der Waals surface area contributed by atoms with E-state index < -0.39 is 0 Å². The Labute approximate surface area is 78.9 Å². The molecule has 72 valence electrons. The number of hydrogen-bond acceptors (Lipinski definition) is 1. The van der Waals surface area contributed by atoms with Gasteiger partial charge in [0.25, 0.3) is 0 Å². The number of hydrogen-bond donors (Lipinski definition) is 1. The lowest BCUT2D eigenvalue weighted by Gasteiger charge is -2.27. The van der Waals surface area contributed by atoms with E-state index in [1.165, 1.54) is 32.1 Å². The molecule has 1 aliphatic heterocycles. The van der Waals surface area contributed by atoms with Gasteiger partial charge in [-0.3, -0.25) is 0 Å². The van der Waals surface area contributed by atoms with Gasteiger partial charge in [0, 0.05) is 11.8 Å². The SMILES string of the molecule is CCC1CCCC(C)NC(P)C1. The summed E-state index contributed by atoms with van der Waals surface area (Å²) in [7, 11) is 2.93. The van der Waals surface area contributed by atoms with Gasteiger partial charge in [-0.1, -0.05) is 26.2 Å². The van der Waals surface area contributed by atoms with Crippen molar-refractivity contribution in [1.29, 1.82) is 0 Å². The molecule has 0 aliphatic carbocycles. The minimum absolute atomic E-state index is 0.644. The molecule has 1 aliphatic rings. The predicted octanol–water partition coefficient (Wildman–Crippen LogP) is 2.77. The summed E-state index contributed by atoms with van der Waals surface area (Å²) in [4.78, 5) is 0. The number of nitrogens with one attached hydrogen (secondary N) is 1. The van der Waals surface area contributed by atoms with Crippen LogP contribution < -0.4 is 5.32 Å². The fourth-order valence-electron chi connectivity index (χ4n) is 2.08. The molecular weight excluding hydrogens is 165 g/mol. The maximum absolute atomic E-state index is 3.61. The summed E-state index contributed by atoms with van der Waals surface area (Å²) in [5.41, 5.74) is 0. The molecule has 0 aromatic heterocycles. The lowest BCUT2D eigenvalue weighted by Crippen LogP contribution is -2.35. The standard InChI is InChI=1S/C10H22NP/c1-3-9-6-4-5-8(2)11-10(12)7-9/h8-11H,3-7,12H2,1-2H3. The Morgan fingerprint density at radius 3 is 2.83 bits per heavy atom. The molecule has 0 saturated carbocycles. The molecule has 1 saturated heterocycles. The molecule has 1 nitrogen and oxygen atoms in total. The first-order chi connectivity index (χ1) is 5.72. The van der Waals surface area contributed by atoms with Crippen molar-refractivity contribution in [3.05, 3.63) is 0 Å². The Morgan fingerprint density at radius 2 is 2.17 bits per heavy atom. The summed E-state index contributed by atoms with van der Waals surface area (Å²) < 4.78 is 0. The van der Waals surface area contributed by atoms with Crippen LogP contribution >= 0.6 is 9.24 Å². The van der Waals surface area contributed by atoms with Crippen molar-refractivity contribution in [1.82, 2.24) is 5.32 Å². The molecule has 1 rings (SSSR count). The Balaban J connectivity index is 2.37. The minimum Gasteiger partial charge on any atom is -0.308 e. The molecule has 4 unspecified atom stereocenters. The second-order valence-electron chi connectivity index (χ2n) is 4.12. The van der Waals surface area contributed by atoms with Gasteiger partial charge in [0.15, 0.2) is 0 Å². The van der Waals surface area contributed by atoms with Gasteiger partial charge in [0.2, 0.25) is 0 Å². The Hall–Kier alpha value is 0.390. The average Bonchev–Trinajstić information content (AvgIpc) is 1.99. The van der Waals surface area contributed by atoms with Crippen molar-refractivity contribution in [2.75, 3.05) is 0 Å². The van der Waals surface area contributed by atoms with E-state index in [2.05, 4.69) is 28.4 Å². The highest BCUT2D eigenvalue weighted by Gasteiger charge is 2.16. The van der Waals surface area contributed by atoms with Crippen LogP contribution in [-0.4, -0.2) is 11.8 Å². The topological polar surface area (TPSA) is 12.0 Å². The van der Waals surface area contributed by atoms with Crippen LogP contribution in [0.4, 0.5) is 0 Å². The molecule has 1 fully saturated rings. The fourth-order valence-corrected chi connectivity index (χ4v) is 2.79. The lowest BCUT2D eigenvalue weighted by atomic mass is 9.92. The van der Waals surface area contributed by atoms with Gasteiger partial charge >= 0.3 is 0 Å². The monoisotopic (exact) mass is 187 g/mol. The molecule has 0 aromatic carbocycles. The summed E-state index contributed by atoms with van der Waals surface area (Å²) >= 11 is 0. The van der Waals surface area contributed by atoms with Crippen molar-refractivity contribution in [2.45, 2.75) is 57.8 Å². The summed E-state index contributed by atoms with van der Waals surface area (Å²) in [6, 6.07) is 0.713. The predicted molar refractivity (Wildman–Crippen MR) is 58.3 cm³/mol. The Bertz CT molecular complexity index is 127. The highest BCUT2D eigenvalue weighted by atomic mass is 31.0. The van der Waals surface area contributed by atoms with Gasteiger partial charge in [-0.25, -0.2) is 0 Å². The van der Waals surface area contributed by atoms with Gasteiger partial charge in [0.05, 0.1) is 0 Å². The van der Waals surface area contributed by atoms with E-state index in [-0.39, 0.29) is 0 Å². The van der Waals surface area contributed by atoms with E-state index in [0.717, 1.165) is 5.92 Å². The van der Waals surface area contributed by atoms with Crippen molar-refractivity contribution < 1.29 is 0 Å². The zero-order valence-electron chi connectivity index (χ0n) is 8.34. The van der Waals surface area contributed by atoms with Crippen LogP contribution in [0.2, 0.25) is 0 Å². The van der Waals surface area contributed by atoms with Gasteiger partial charge < -0.3 is 5.32 Å². The van der Waals surface area contributed by atoms with Crippen LogP contribution in [0.15, 0.2) is 0 Å². The maximum Gasteiger partial charge on any atom is 0.0216 e. The average molecular weight is 187 g/mol. The molecule has 0 bridgehead atoms. The van der Waals surface area contributed by atoms with Gasteiger partial charge in [-0.15, -0.1) is 9.24 Å². The van der Waals surface area contributed by atoms with E-state index in [9.17, 15) is 0 Å². The number of rotatable bonds is 1. The maximum atomic E-state index is 3.61. The first-order valence-corrected chi connectivity index (χ1v) is 5.90. The molecule has 2 heteroatoms. The minimum atomic E-state index is 0.644. The Morgan fingerprint density at radius 1 is 1.42 bits per heavy atom. The second-order valence-corrected chi connectivity index (χ2v) is 4.92. The molecule has 0 radical (unpaired) electrons. The lowest BCUT2D eigenvalue weighted by molar-refractivity contribution is 0.332. The zero-order valence-corrected chi connectivity index (χ0v) is 9.50. The van der Waals surface area contributed by atoms with Crippen molar-refractivity contribution in [2.24, 2.45) is 5.92 Å². The molecule has 1 N–H and O–H groups in total. The largest absolute Gasteiger partial charge is 0.308 e. The molecule has 1 heterocycles. The normalized spacial score (nSPS) is 38.8. The zero-order chi connectivity index (χ0) is 8.97. The van der Waals surface area contributed by atoms with Gasteiger partial charge in [-0.05, 0) is 25.7 Å². The first-order valence-electron chi connectivity index (χ1n) is 5.24. The third kappa shape index (κ3) is 3.41. The third-order valence-corrected chi connectivity index (χ3v) is 3.38. The molecule has 0 aromatic rings. The Kier molecular flexibility index (Phi) is 4.53. The highest BCUT2D eigenvalue weighted by molar-refractivity contribution is 7.17. The van der Waals surface area contributed by atoms with Gasteiger partial charge in [0.1, 0.15) is 0 Å². The summed E-state index contributed by atoms with van der Waals surface area (Å²) in [5.74, 6) is 1.60. The van der Waals surface area contributed by atoms with Crippen molar-refractivity contribution >= 4 is 9.24 Å². The quantitative estimate of drug-likeness (QED) is 0.622. The van der Waals surface area contributed by atoms with Crippen LogP contribution in [0.3, 0.4) is 0 Å². The molecular formula is C10H22NP. The van der Waals surface area contributed by atoms with E-state index in [1.807, 2.05) is 0 Å². The van der Waals surface area contributed by atoms with E-state index in [0.29, 0.717) is 11.8 Å². The smallest absolute Gasteiger partial charge is 0.0216 e. The van der Waals surface area contributed by atoms with E-state index in [1.54, 1.807) is 0 Å². The van der Waals surface area contributed by atoms with Crippen LogP contribution in [0.1, 0.15) is 46.0 Å². The van der Waals surface area contributed by atoms with Gasteiger partial charge in [-0.2, -0.15) is 0 Å². The summed E-state index contributed by atoms with van der Waals surface area (Å²) in [6.07, 6.45) is 6.88. The fraction of sp³-hybridized carbons (Fsp3) is 1.00. The van der Waals surface area contributed by atoms with E-state index >= 15 is 0 Å². The molecule has 12 heavy (non-hydrogen) atoms. The summed E-state index contributed by atoms with van der Waals surface area (Å²) in [6.45, 7) is 4.61. The first kappa shape index (κ1) is 10.5. The second kappa shape index (κ2) is 5.19. The van der Waals surface area contributed by atoms with Crippen LogP contribution in [0, 0.1) is 5.92 Å². The van der Waals surface area contributed by atoms with E-state index in [4.69, 9.17) is 0 Å². The molecule has 0 amide bonds. The molecule has 0 spiro atoms. The third-order valence-electron chi connectivity index (χ3n) is 2.91. The van der Waals surface area contributed by atoms with Crippen LogP contribution in [-0.2, 0) is 0 Å². The van der Waals surface area contributed by atoms with Crippen LogP contribution in [0.5, 0.6) is 0 Å². The van der Waals surface area contributed by atoms with Crippen LogP contribution in [0.25, 0.3) is 0 Å². The highest BCUT2D eigenvalue weighted by Crippen LogP contribution is 2.24. The summed E-state index contributed by atoms with van der Waals surface area (Å²) in [5, 5.41) is 3.61. The van der Waals surface area contributed by atoms with Crippen molar-refractivity contribution in [3.63, 3.8) is 0 Å². The molecule has 4 atom stereocenters. The van der Waals surface area contributed by atoms with Crippen molar-refractivity contribution in [3.8, 4) is 0 Å².